The van der Waals surface area contributed by atoms with Crippen molar-refractivity contribution < 1.29 is 4.66 Å². The molecule has 0 aliphatic carbocycles. The van der Waals surface area contributed by atoms with Gasteiger partial charge >= 0.3 is 88.7 Å². The number of halogens is 1. The van der Waals surface area contributed by atoms with E-state index in [-0.39, 0.29) is 88.7 Å². The second-order valence-electron chi connectivity index (χ2n) is 0. The molecular formula is H4ClNa3O. The van der Waals surface area contributed by atoms with E-state index in [1.807, 2.05) is 0 Å². The molecule has 0 radical (unpaired) electrons. The average Bonchev–Trinajstić information content (AvgIpc) is 1.00. The average molecular weight is 124 g/mol. The second kappa shape index (κ2) is 26.8. The number of rotatable bonds is 0. The summed E-state index contributed by atoms with van der Waals surface area (Å²) in [5.41, 5.74) is 0. The van der Waals surface area contributed by atoms with Crippen LogP contribution < -0.4 is 0 Å². The fraction of sp³-hybridized carbons (Fsp3) is 0. The van der Waals surface area contributed by atoms with Gasteiger partial charge in [0.05, 0.1) is 11.9 Å². The summed E-state index contributed by atoms with van der Waals surface area (Å²) in [5, 5.41) is 0. The van der Waals surface area contributed by atoms with Gasteiger partial charge in [0.25, 0.3) is 0 Å². The van der Waals surface area contributed by atoms with E-state index in [2.05, 4.69) is 11.9 Å². The van der Waals surface area contributed by atoms with Crippen LogP contribution in [0.1, 0.15) is 0 Å². The molecule has 0 heterocycles. The van der Waals surface area contributed by atoms with Crippen molar-refractivity contribution >= 4 is 101 Å². The van der Waals surface area contributed by atoms with Crippen LogP contribution in [0.3, 0.4) is 0 Å². The Morgan fingerprint density at radius 3 is 0.800 bits per heavy atom. The van der Waals surface area contributed by atoms with Gasteiger partial charge in [-0.05, 0) is 0 Å². The van der Waals surface area contributed by atoms with Gasteiger partial charge in [-0.25, -0.2) is 0 Å². The zero-order valence-electron chi connectivity index (χ0n) is 0.825. The summed E-state index contributed by atoms with van der Waals surface area (Å²) >= 11 is 3.64. The van der Waals surface area contributed by atoms with Crippen molar-refractivity contribution in [1.82, 2.24) is 0 Å². The van der Waals surface area contributed by atoms with E-state index in [0.29, 0.717) is 0 Å². The fourth-order valence-electron chi connectivity index (χ4n) is 0. The fourth-order valence-corrected chi connectivity index (χ4v) is 0. The van der Waals surface area contributed by atoms with Gasteiger partial charge in [0, 0.05) is 0 Å². The Morgan fingerprint density at radius 1 is 0.800 bits per heavy atom. The van der Waals surface area contributed by atoms with Crippen molar-refractivity contribution in [3.8, 4) is 0 Å². The quantitative estimate of drug-likeness (QED) is 0.378. The maximum absolute atomic E-state index is 6.47. The molecule has 0 aromatic rings. The molecule has 0 amide bonds. The summed E-state index contributed by atoms with van der Waals surface area (Å²) in [7, 11) is 0. The summed E-state index contributed by atoms with van der Waals surface area (Å²) in [6.45, 7) is 0. The Bertz CT molecular complexity index is 6.85. The molecule has 0 aliphatic rings. The van der Waals surface area contributed by atoms with E-state index in [1.165, 1.54) is 0 Å². The predicted molar refractivity (Wildman–Crippen MR) is 29.5 cm³/mol. The molecule has 5 heavy (non-hydrogen) atoms. The molecular weight excluding hydrogens is 120 g/mol. The van der Waals surface area contributed by atoms with Crippen molar-refractivity contribution in [3.63, 3.8) is 0 Å². The summed E-state index contributed by atoms with van der Waals surface area (Å²) in [6.07, 6.45) is 0. The van der Waals surface area contributed by atoms with Gasteiger partial charge in [0.1, 0.15) is 0 Å². The van der Waals surface area contributed by atoms with Gasteiger partial charge in [-0.3, -0.25) is 4.66 Å². The molecule has 0 fully saturated rings. The van der Waals surface area contributed by atoms with Crippen LogP contribution in [0.4, 0.5) is 0 Å². The summed E-state index contributed by atoms with van der Waals surface area (Å²) in [6, 6.07) is 0. The Morgan fingerprint density at radius 2 is 0.800 bits per heavy atom. The third kappa shape index (κ3) is 18.9. The Kier molecular flexibility index (Phi) is 129. The molecule has 0 spiro atoms. The van der Waals surface area contributed by atoms with Crippen molar-refractivity contribution in [2.24, 2.45) is 0 Å². The summed E-state index contributed by atoms with van der Waals surface area (Å²) < 4.78 is 6.47. The molecule has 0 unspecified atom stereocenters. The molecule has 0 aliphatic heterocycles. The first-order chi connectivity index (χ1) is 1.00. The standard InChI is InChI=1S/ClHO.3Na.3H/c1-2;;;;;;/h2H;;;;;;. The molecule has 0 rings (SSSR count). The minimum absolute atomic E-state index is 0. The molecule has 0 saturated carbocycles. The van der Waals surface area contributed by atoms with E-state index in [1.54, 1.807) is 0 Å². The van der Waals surface area contributed by atoms with E-state index < -0.39 is 0 Å². The van der Waals surface area contributed by atoms with Crippen LogP contribution in [0.5, 0.6) is 0 Å². The number of hydrogen-bond donors (Lipinski definition) is 1. The minimum atomic E-state index is 0. The Hall–Kier alpha value is 3.25. The first-order valence-corrected chi connectivity index (χ1v) is 0.507. The topological polar surface area (TPSA) is 20.2 Å². The normalized spacial score (nSPS) is 1.20. The van der Waals surface area contributed by atoms with Gasteiger partial charge in [-0.1, -0.05) is 0 Å². The molecule has 1 N–H and O–H groups in total. The van der Waals surface area contributed by atoms with E-state index in [4.69, 9.17) is 4.66 Å². The molecule has 5 heteroatoms. The van der Waals surface area contributed by atoms with Crippen molar-refractivity contribution in [2.45, 2.75) is 0 Å². The van der Waals surface area contributed by atoms with Gasteiger partial charge in [0.2, 0.25) is 0 Å². The zero-order chi connectivity index (χ0) is 2.00. The first kappa shape index (κ1) is 24.0. The van der Waals surface area contributed by atoms with Crippen LogP contribution in [0.2, 0.25) is 0 Å². The van der Waals surface area contributed by atoms with Crippen LogP contribution in [0.15, 0.2) is 0 Å². The Balaban J connectivity index is -0.00000000167. The molecule has 0 bridgehead atoms. The summed E-state index contributed by atoms with van der Waals surface area (Å²) in [4.78, 5) is 0. The molecule has 0 aromatic heterocycles. The van der Waals surface area contributed by atoms with Gasteiger partial charge in [-0.2, -0.15) is 0 Å². The summed E-state index contributed by atoms with van der Waals surface area (Å²) in [5.74, 6) is 0. The maximum atomic E-state index is 6.47. The van der Waals surface area contributed by atoms with Gasteiger partial charge in [-0.15, -0.1) is 0 Å². The molecule has 1 nitrogen and oxygen atoms in total. The van der Waals surface area contributed by atoms with Crippen LogP contribution in [-0.2, 0) is 0 Å². The van der Waals surface area contributed by atoms with Gasteiger partial charge in [0.15, 0.2) is 0 Å². The van der Waals surface area contributed by atoms with Crippen LogP contribution in [0, 0.1) is 0 Å². The van der Waals surface area contributed by atoms with Crippen molar-refractivity contribution in [1.29, 1.82) is 0 Å². The van der Waals surface area contributed by atoms with E-state index >= 15 is 0 Å². The van der Waals surface area contributed by atoms with E-state index in [0.717, 1.165) is 0 Å². The molecule has 0 atom stereocenters. The second-order valence-corrected chi connectivity index (χ2v) is 0. The van der Waals surface area contributed by atoms with Crippen LogP contribution >= 0.6 is 11.9 Å². The van der Waals surface area contributed by atoms with Gasteiger partial charge < -0.3 is 0 Å². The molecule has 0 saturated heterocycles. The molecule has 0 aromatic carbocycles. The van der Waals surface area contributed by atoms with Crippen molar-refractivity contribution in [2.75, 3.05) is 0 Å². The van der Waals surface area contributed by atoms with Crippen LogP contribution in [-0.4, -0.2) is 93.3 Å². The first-order valence-electron chi connectivity index (χ1n) is 0.169. The van der Waals surface area contributed by atoms with Crippen LogP contribution in [0.25, 0.3) is 0 Å². The zero-order valence-corrected chi connectivity index (χ0v) is 1.58. The van der Waals surface area contributed by atoms with E-state index in [9.17, 15) is 0 Å². The monoisotopic (exact) mass is 124 g/mol. The number of hydrogen-bond acceptors (Lipinski definition) is 1. The third-order valence-corrected chi connectivity index (χ3v) is 0. The predicted octanol–water partition coefficient (Wildman–Crippen LogP) is -1.81. The van der Waals surface area contributed by atoms with Crippen molar-refractivity contribution in [3.05, 3.63) is 0 Å². The Labute approximate surface area is 103 Å². The third-order valence-electron chi connectivity index (χ3n) is 0. The SMILES string of the molecule is OCl.[NaH].[NaH].[NaH]. The molecule has 20 valence electrons.